The smallest absolute Gasteiger partial charge is 0.0457 e. The van der Waals surface area contributed by atoms with Gasteiger partial charge in [-0.25, -0.2) is 0 Å². The molecule has 0 atom stereocenters. The van der Waals surface area contributed by atoms with Crippen LogP contribution in [0.3, 0.4) is 0 Å². The standard InChI is InChI=1S/C12H17N/c1-5-6-10-7-8-11(13-9-10)12(2,3)4/h5-9H,1-4H3/b6-5-. The van der Waals surface area contributed by atoms with Gasteiger partial charge in [-0.1, -0.05) is 39.0 Å². The van der Waals surface area contributed by atoms with Crippen LogP contribution in [0.5, 0.6) is 0 Å². The highest BCUT2D eigenvalue weighted by molar-refractivity contribution is 5.47. The van der Waals surface area contributed by atoms with Crippen molar-refractivity contribution in [1.29, 1.82) is 0 Å². The van der Waals surface area contributed by atoms with E-state index < -0.39 is 0 Å². The predicted octanol–water partition coefficient (Wildman–Crippen LogP) is 3.41. The van der Waals surface area contributed by atoms with Crippen molar-refractivity contribution in [2.45, 2.75) is 33.1 Å². The lowest BCUT2D eigenvalue weighted by Gasteiger charge is -2.17. The van der Waals surface area contributed by atoms with Crippen molar-refractivity contribution in [3.8, 4) is 0 Å². The number of hydrogen-bond donors (Lipinski definition) is 0. The van der Waals surface area contributed by atoms with E-state index >= 15 is 0 Å². The van der Waals surface area contributed by atoms with Crippen molar-refractivity contribution < 1.29 is 0 Å². The highest BCUT2D eigenvalue weighted by Gasteiger charge is 2.14. The number of pyridine rings is 1. The Bertz CT molecular complexity index is 288. The van der Waals surface area contributed by atoms with E-state index in [9.17, 15) is 0 Å². The van der Waals surface area contributed by atoms with Crippen LogP contribution in [0.4, 0.5) is 0 Å². The summed E-state index contributed by atoms with van der Waals surface area (Å²) in [6.45, 7) is 8.53. The predicted molar refractivity (Wildman–Crippen MR) is 57.6 cm³/mol. The first-order chi connectivity index (χ1) is 6.04. The summed E-state index contributed by atoms with van der Waals surface area (Å²) in [5.74, 6) is 0. The topological polar surface area (TPSA) is 12.9 Å². The number of nitrogens with zero attached hydrogens (tertiary/aromatic N) is 1. The molecule has 70 valence electrons. The summed E-state index contributed by atoms with van der Waals surface area (Å²) in [7, 11) is 0. The molecular weight excluding hydrogens is 158 g/mol. The molecule has 0 radical (unpaired) electrons. The Morgan fingerprint density at radius 3 is 2.31 bits per heavy atom. The molecular formula is C12H17N. The molecule has 13 heavy (non-hydrogen) atoms. The van der Waals surface area contributed by atoms with Gasteiger partial charge in [-0.3, -0.25) is 4.98 Å². The summed E-state index contributed by atoms with van der Waals surface area (Å²) < 4.78 is 0. The summed E-state index contributed by atoms with van der Waals surface area (Å²) in [5, 5.41) is 0. The first kappa shape index (κ1) is 9.97. The highest BCUT2D eigenvalue weighted by atomic mass is 14.7. The summed E-state index contributed by atoms with van der Waals surface area (Å²) in [5.41, 5.74) is 2.45. The fourth-order valence-corrected chi connectivity index (χ4v) is 1.14. The second-order valence-corrected chi connectivity index (χ2v) is 4.23. The van der Waals surface area contributed by atoms with Crippen LogP contribution in [0.15, 0.2) is 24.4 Å². The van der Waals surface area contributed by atoms with E-state index in [0.717, 1.165) is 11.3 Å². The first-order valence-electron chi connectivity index (χ1n) is 4.63. The summed E-state index contributed by atoms with van der Waals surface area (Å²) in [6.07, 6.45) is 5.99. The molecule has 0 N–H and O–H groups in total. The second kappa shape index (κ2) is 3.73. The van der Waals surface area contributed by atoms with Gasteiger partial charge in [-0.15, -0.1) is 0 Å². The van der Waals surface area contributed by atoms with E-state index in [4.69, 9.17) is 0 Å². The maximum atomic E-state index is 4.42. The fourth-order valence-electron chi connectivity index (χ4n) is 1.14. The van der Waals surface area contributed by atoms with Crippen LogP contribution in [0.2, 0.25) is 0 Å². The minimum absolute atomic E-state index is 0.147. The summed E-state index contributed by atoms with van der Waals surface area (Å²) >= 11 is 0. The number of hydrogen-bond acceptors (Lipinski definition) is 1. The third-order valence-corrected chi connectivity index (χ3v) is 1.91. The van der Waals surface area contributed by atoms with Gasteiger partial charge in [0.05, 0.1) is 0 Å². The van der Waals surface area contributed by atoms with Crippen molar-refractivity contribution in [2.75, 3.05) is 0 Å². The van der Waals surface area contributed by atoms with Gasteiger partial charge in [0, 0.05) is 17.3 Å². The summed E-state index contributed by atoms with van der Waals surface area (Å²) in [4.78, 5) is 4.42. The zero-order valence-corrected chi connectivity index (χ0v) is 8.83. The molecule has 1 heteroatoms. The van der Waals surface area contributed by atoms with Crippen molar-refractivity contribution in [1.82, 2.24) is 4.98 Å². The highest BCUT2D eigenvalue weighted by Crippen LogP contribution is 2.19. The van der Waals surface area contributed by atoms with E-state index in [1.807, 2.05) is 19.2 Å². The molecule has 1 heterocycles. The SMILES string of the molecule is C/C=C\c1ccc(C(C)(C)C)nc1. The van der Waals surface area contributed by atoms with Crippen molar-refractivity contribution in [3.63, 3.8) is 0 Å². The van der Waals surface area contributed by atoms with E-state index in [0.29, 0.717) is 0 Å². The molecule has 0 aliphatic carbocycles. The van der Waals surface area contributed by atoms with Crippen LogP contribution in [-0.2, 0) is 5.41 Å². The summed E-state index contributed by atoms with van der Waals surface area (Å²) in [6, 6.07) is 4.20. The number of allylic oxidation sites excluding steroid dienone is 1. The molecule has 0 fully saturated rings. The third kappa shape index (κ3) is 2.69. The Kier molecular flexibility index (Phi) is 2.86. The molecule has 1 aromatic heterocycles. The van der Waals surface area contributed by atoms with Gasteiger partial charge in [0.2, 0.25) is 0 Å². The van der Waals surface area contributed by atoms with Gasteiger partial charge in [-0.05, 0) is 18.6 Å². The number of aromatic nitrogens is 1. The zero-order valence-electron chi connectivity index (χ0n) is 8.83. The quantitative estimate of drug-likeness (QED) is 0.637. The molecule has 0 unspecified atom stereocenters. The van der Waals surface area contributed by atoms with Gasteiger partial charge in [-0.2, -0.15) is 0 Å². The molecule has 0 aromatic carbocycles. The zero-order chi connectivity index (χ0) is 9.90. The van der Waals surface area contributed by atoms with Crippen LogP contribution < -0.4 is 0 Å². The Labute approximate surface area is 80.5 Å². The van der Waals surface area contributed by atoms with Gasteiger partial charge < -0.3 is 0 Å². The fraction of sp³-hybridized carbons (Fsp3) is 0.417. The Balaban J connectivity index is 2.94. The Hall–Kier alpha value is -1.11. The van der Waals surface area contributed by atoms with E-state index in [-0.39, 0.29) is 5.41 Å². The molecule has 1 nitrogen and oxygen atoms in total. The largest absolute Gasteiger partial charge is 0.260 e. The molecule has 0 saturated heterocycles. The second-order valence-electron chi connectivity index (χ2n) is 4.23. The minimum Gasteiger partial charge on any atom is -0.260 e. The molecule has 0 aliphatic rings. The monoisotopic (exact) mass is 175 g/mol. The lowest BCUT2D eigenvalue weighted by Crippen LogP contribution is -2.12. The maximum absolute atomic E-state index is 4.42. The third-order valence-electron chi connectivity index (χ3n) is 1.91. The van der Waals surface area contributed by atoms with E-state index in [1.165, 1.54) is 0 Å². The van der Waals surface area contributed by atoms with E-state index in [1.54, 1.807) is 0 Å². The average Bonchev–Trinajstić information content (AvgIpc) is 2.04. The molecule has 0 spiro atoms. The van der Waals surface area contributed by atoms with Crippen LogP contribution in [0.25, 0.3) is 6.08 Å². The molecule has 0 bridgehead atoms. The van der Waals surface area contributed by atoms with Crippen molar-refractivity contribution >= 4 is 6.08 Å². The first-order valence-corrected chi connectivity index (χ1v) is 4.63. The molecule has 1 rings (SSSR count). The van der Waals surface area contributed by atoms with Gasteiger partial charge in [0.15, 0.2) is 0 Å². The minimum atomic E-state index is 0.147. The van der Waals surface area contributed by atoms with Crippen LogP contribution in [0.1, 0.15) is 39.0 Å². The van der Waals surface area contributed by atoms with Crippen molar-refractivity contribution in [2.24, 2.45) is 0 Å². The molecule has 0 amide bonds. The molecule has 0 saturated carbocycles. The van der Waals surface area contributed by atoms with Crippen LogP contribution >= 0.6 is 0 Å². The normalized spacial score (nSPS) is 12.3. The van der Waals surface area contributed by atoms with Gasteiger partial charge in [0.1, 0.15) is 0 Å². The lowest BCUT2D eigenvalue weighted by atomic mass is 9.91. The van der Waals surface area contributed by atoms with Gasteiger partial charge in [0.25, 0.3) is 0 Å². The average molecular weight is 175 g/mol. The van der Waals surface area contributed by atoms with E-state index in [2.05, 4.69) is 44.0 Å². The Morgan fingerprint density at radius 2 is 1.92 bits per heavy atom. The molecule has 1 aromatic rings. The maximum Gasteiger partial charge on any atom is 0.0457 e. The lowest BCUT2D eigenvalue weighted by molar-refractivity contribution is 0.569. The van der Waals surface area contributed by atoms with Crippen LogP contribution in [0, 0.1) is 0 Å². The van der Waals surface area contributed by atoms with Gasteiger partial charge >= 0.3 is 0 Å². The Morgan fingerprint density at radius 1 is 1.23 bits per heavy atom. The molecule has 0 aliphatic heterocycles. The van der Waals surface area contributed by atoms with Crippen LogP contribution in [-0.4, -0.2) is 4.98 Å². The van der Waals surface area contributed by atoms with Crippen molar-refractivity contribution in [3.05, 3.63) is 35.7 Å². The number of rotatable bonds is 1.